The molecular weight excluding hydrogens is 190 g/mol. The van der Waals surface area contributed by atoms with E-state index in [4.69, 9.17) is 10.8 Å². The van der Waals surface area contributed by atoms with Gasteiger partial charge in [-0.1, -0.05) is 0 Å². The number of carbonyl (C=O) groups is 1. The van der Waals surface area contributed by atoms with Gasteiger partial charge in [0, 0.05) is 0 Å². The molecule has 0 amide bonds. The molecule has 0 saturated carbocycles. The van der Waals surface area contributed by atoms with Gasteiger partial charge in [-0.15, -0.1) is 11.3 Å². The van der Waals surface area contributed by atoms with Gasteiger partial charge in [0.25, 0.3) is 0 Å². The zero-order valence-electron chi connectivity index (χ0n) is 7.19. The molecule has 0 bridgehead atoms. The lowest BCUT2D eigenvalue weighted by atomic mass is 10.1. The van der Waals surface area contributed by atoms with Crippen molar-refractivity contribution in [1.29, 1.82) is 0 Å². The molecule has 0 spiro atoms. The van der Waals surface area contributed by atoms with Crippen molar-refractivity contribution in [2.24, 2.45) is 5.73 Å². The Morgan fingerprint density at radius 2 is 2.54 bits per heavy atom. The van der Waals surface area contributed by atoms with Crippen LogP contribution in [0.15, 0.2) is 11.4 Å². The van der Waals surface area contributed by atoms with Crippen LogP contribution in [0.5, 0.6) is 0 Å². The molecule has 0 aliphatic heterocycles. The average molecular weight is 201 g/mol. The van der Waals surface area contributed by atoms with E-state index in [1.165, 1.54) is 18.4 Å². The Balaban J connectivity index is 2.95. The van der Waals surface area contributed by atoms with Crippen LogP contribution in [0, 0.1) is 0 Å². The molecule has 1 atom stereocenters. The highest BCUT2D eigenvalue weighted by molar-refractivity contribution is 7.12. The van der Waals surface area contributed by atoms with Crippen LogP contribution in [0.3, 0.4) is 0 Å². The standard InChI is InChI=1S/C8H11NO3S/c1-12-8(11)7-5(2-3-13-7)6(9)4-10/h2-3,6,10H,4,9H2,1H3/t6-/m1/s1. The molecule has 0 radical (unpaired) electrons. The molecule has 3 N–H and O–H groups in total. The molecule has 0 unspecified atom stereocenters. The fraction of sp³-hybridized carbons (Fsp3) is 0.375. The summed E-state index contributed by atoms with van der Waals surface area (Å²) in [5.74, 6) is -0.408. The van der Waals surface area contributed by atoms with Gasteiger partial charge in [-0.3, -0.25) is 0 Å². The Hall–Kier alpha value is -0.910. The maximum atomic E-state index is 11.2. The van der Waals surface area contributed by atoms with E-state index < -0.39 is 12.0 Å². The van der Waals surface area contributed by atoms with Crippen LogP contribution in [0.1, 0.15) is 21.3 Å². The van der Waals surface area contributed by atoms with Gasteiger partial charge in [-0.2, -0.15) is 0 Å². The topological polar surface area (TPSA) is 72.5 Å². The second kappa shape index (κ2) is 4.36. The Morgan fingerprint density at radius 1 is 1.85 bits per heavy atom. The Kier molecular flexibility index (Phi) is 3.41. The fourth-order valence-corrected chi connectivity index (χ4v) is 1.85. The minimum Gasteiger partial charge on any atom is -0.465 e. The molecule has 1 rings (SSSR count). The predicted molar refractivity (Wildman–Crippen MR) is 49.7 cm³/mol. The van der Waals surface area contributed by atoms with E-state index in [0.29, 0.717) is 10.4 Å². The lowest BCUT2D eigenvalue weighted by molar-refractivity contribution is 0.0604. The number of ether oxygens (including phenoxy) is 1. The Labute approximate surface area is 79.9 Å². The zero-order chi connectivity index (χ0) is 9.84. The van der Waals surface area contributed by atoms with Gasteiger partial charge in [-0.05, 0) is 17.0 Å². The zero-order valence-corrected chi connectivity index (χ0v) is 8.00. The molecule has 0 aliphatic carbocycles. The quantitative estimate of drug-likeness (QED) is 0.699. The highest BCUT2D eigenvalue weighted by atomic mass is 32.1. The summed E-state index contributed by atoms with van der Waals surface area (Å²) in [5.41, 5.74) is 6.22. The minimum atomic E-state index is -0.514. The maximum absolute atomic E-state index is 11.2. The number of aliphatic hydroxyl groups excluding tert-OH is 1. The summed E-state index contributed by atoms with van der Waals surface area (Å²) >= 11 is 1.26. The summed E-state index contributed by atoms with van der Waals surface area (Å²) in [6.07, 6.45) is 0. The summed E-state index contributed by atoms with van der Waals surface area (Å²) in [6.45, 7) is -0.180. The lowest BCUT2D eigenvalue weighted by Gasteiger charge is -2.07. The lowest BCUT2D eigenvalue weighted by Crippen LogP contribution is -2.16. The van der Waals surface area contributed by atoms with E-state index in [0.717, 1.165) is 0 Å². The van der Waals surface area contributed by atoms with Gasteiger partial charge in [-0.25, -0.2) is 4.79 Å². The van der Waals surface area contributed by atoms with Crippen LogP contribution in [0.2, 0.25) is 0 Å². The third kappa shape index (κ3) is 2.06. The van der Waals surface area contributed by atoms with Crippen molar-refractivity contribution < 1.29 is 14.6 Å². The predicted octanol–water partition coefficient (Wildman–Crippen LogP) is 0.527. The van der Waals surface area contributed by atoms with Crippen LogP contribution in [0.25, 0.3) is 0 Å². The van der Waals surface area contributed by atoms with Gasteiger partial charge in [0.15, 0.2) is 0 Å². The number of rotatable bonds is 3. The van der Waals surface area contributed by atoms with E-state index in [2.05, 4.69) is 4.74 Å². The van der Waals surface area contributed by atoms with Crippen molar-refractivity contribution in [3.8, 4) is 0 Å². The van der Waals surface area contributed by atoms with Crippen molar-refractivity contribution in [2.75, 3.05) is 13.7 Å². The number of methoxy groups -OCH3 is 1. The number of esters is 1. The molecule has 1 aromatic heterocycles. The van der Waals surface area contributed by atoms with E-state index >= 15 is 0 Å². The molecule has 0 saturated heterocycles. The maximum Gasteiger partial charge on any atom is 0.348 e. The smallest absolute Gasteiger partial charge is 0.348 e. The second-order valence-corrected chi connectivity index (χ2v) is 3.40. The fourth-order valence-electron chi connectivity index (χ4n) is 0.968. The summed E-state index contributed by atoms with van der Waals surface area (Å²) in [5, 5.41) is 10.6. The number of hydrogen-bond donors (Lipinski definition) is 2. The van der Waals surface area contributed by atoms with Gasteiger partial charge in [0.2, 0.25) is 0 Å². The first-order valence-corrected chi connectivity index (χ1v) is 4.60. The number of nitrogens with two attached hydrogens (primary N) is 1. The first-order valence-electron chi connectivity index (χ1n) is 3.72. The average Bonchev–Trinajstić information content (AvgIpc) is 2.63. The molecule has 4 nitrogen and oxygen atoms in total. The van der Waals surface area contributed by atoms with Gasteiger partial charge >= 0.3 is 5.97 Å². The molecule has 72 valence electrons. The van der Waals surface area contributed by atoms with Crippen molar-refractivity contribution in [2.45, 2.75) is 6.04 Å². The van der Waals surface area contributed by atoms with Crippen LogP contribution >= 0.6 is 11.3 Å². The Morgan fingerprint density at radius 3 is 3.08 bits per heavy atom. The SMILES string of the molecule is COC(=O)c1sccc1[C@H](N)CO. The molecule has 1 heterocycles. The normalized spacial score (nSPS) is 12.5. The molecule has 0 fully saturated rings. The third-order valence-electron chi connectivity index (χ3n) is 1.66. The molecule has 5 heteroatoms. The minimum absolute atomic E-state index is 0.180. The largest absolute Gasteiger partial charge is 0.465 e. The monoisotopic (exact) mass is 201 g/mol. The number of aliphatic hydroxyl groups is 1. The Bertz CT molecular complexity index is 297. The molecule has 0 aromatic carbocycles. The summed E-state index contributed by atoms with van der Waals surface area (Å²) in [7, 11) is 1.32. The number of carbonyl (C=O) groups excluding carboxylic acids is 1. The first kappa shape index (κ1) is 10.2. The van der Waals surface area contributed by atoms with Crippen molar-refractivity contribution in [1.82, 2.24) is 0 Å². The van der Waals surface area contributed by atoms with Crippen molar-refractivity contribution >= 4 is 17.3 Å². The van der Waals surface area contributed by atoms with Crippen LogP contribution in [0.4, 0.5) is 0 Å². The summed E-state index contributed by atoms with van der Waals surface area (Å²) < 4.78 is 4.56. The van der Waals surface area contributed by atoms with Gasteiger partial charge < -0.3 is 15.6 Å². The number of hydrogen-bond acceptors (Lipinski definition) is 5. The molecule has 1 aromatic rings. The third-order valence-corrected chi connectivity index (χ3v) is 2.57. The van der Waals surface area contributed by atoms with E-state index in [9.17, 15) is 4.79 Å². The highest BCUT2D eigenvalue weighted by Gasteiger charge is 2.17. The van der Waals surface area contributed by atoms with E-state index in [1.807, 2.05) is 0 Å². The van der Waals surface area contributed by atoms with Crippen LogP contribution in [-0.2, 0) is 4.74 Å². The van der Waals surface area contributed by atoms with Gasteiger partial charge in [0.1, 0.15) is 4.88 Å². The molecule has 0 aliphatic rings. The summed E-state index contributed by atoms with van der Waals surface area (Å²) in [4.78, 5) is 11.6. The van der Waals surface area contributed by atoms with Gasteiger partial charge in [0.05, 0.1) is 19.8 Å². The highest BCUT2D eigenvalue weighted by Crippen LogP contribution is 2.22. The first-order chi connectivity index (χ1) is 6.20. The molecule has 13 heavy (non-hydrogen) atoms. The summed E-state index contributed by atoms with van der Waals surface area (Å²) in [6, 6.07) is 1.21. The number of thiophene rings is 1. The second-order valence-electron chi connectivity index (χ2n) is 2.49. The van der Waals surface area contributed by atoms with Crippen molar-refractivity contribution in [3.63, 3.8) is 0 Å². The molecular formula is C8H11NO3S. The van der Waals surface area contributed by atoms with Crippen molar-refractivity contribution in [3.05, 3.63) is 21.9 Å². The van der Waals surface area contributed by atoms with Crippen LogP contribution in [-0.4, -0.2) is 24.8 Å². The van der Waals surface area contributed by atoms with E-state index in [1.54, 1.807) is 11.4 Å². The van der Waals surface area contributed by atoms with Crippen LogP contribution < -0.4 is 5.73 Å². The van der Waals surface area contributed by atoms with E-state index in [-0.39, 0.29) is 6.61 Å².